The van der Waals surface area contributed by atoms with Crippen molar-refractivity contribution in [2.45, 2.75) is 13.8 Å². The Bertz CT molecular complexity index is 500. The van der Waals surface area contributed by atoms with Crippen LogP contribution < -0.4 is 9.47 Å². The smallest absolute Gasteiger partial charge is 0.233 e. The Morgan fingerprint density at radius 3 is 2.50 bits per heavy atom. The summed E-state index contributed by atoms with van der Waals surface area (Å²) >= 11 is 0. The van der Waals surface area contributed by atoms with Crippen molar-refractivity contribution < 1.29 is 9.47 Å². The fourth-order valence-corrected chi connectivity index (χ4v) is 1.53. The molecule has 0 aliphatic rings. The first-order chi connectivity index (χ1) is 8.85. The van der Waals surface area contributed by atoms with Crippen LogP contribution in [-0.4, -0.2) is 28.4 Å². The molecule has 18 heavy (non-hydrogen) atoms. The fraction of sp³-hybridized carbons (Fsp3) is 0.308. The number of hydrogen-bond donors (Lipinski definition) is 0. The third-order valence-electron chi connectivity index (χ3n) is 2.26. The summed E-state index contributed by atoms with van der Waals surface area (Å²) in [6, 6.07) is 7.38. The summed E-state index contributed by atoms with van der Waals surface area (Å²) in [5.74, 6) is 1.08. The van der Waals surface area contributed by atoms with E-state index in [2.05, 4.69) is 15.2 Å². The number of nitrogens with zero attached hydrogens (tertiary/aromatic N) is 3. The minimum Gasteiger partial charge on any atom is -0.477 e. The number of hydrogen-bond acceptors (Lipinski definition) is 5. The maximum atomic E-state index is 5.46. The van der Waals surface area contributed by atoms with Gasteiger partial charge in [-0.15, -0.1) is 10.2 Å². The highest BCUT2D eigenvalue weighted by Gasteiger charge is 2.09. The molecule has 0 N–H and O–H groups in total. The van der Waals surface area contributed by atoms with Crippen molar-refractivity contribution in [2.75, 3.05) is 13.2 Å². The number of ether oxygens (including phenoxy) is 2. The maximum Gasteiger partial charge on any atom is 0.233 e. The van der Waals surface area contributed by atoms with E-state index in [0.717, 1.165) is 11.3 Å². The standard InChI is InChI=1S/C13H15N3O2/c1-3-17-12-8-7-11(15-16-12)10-6-5-9-14-13(10)18-4-2/h5-9H,3-4H2,1-2H3. The second kappa shape index (κ2) is 5.95. The van der Waals surface area contributed by atoms with Crippen LogP contribution in [0.4, 0.5) is 0 Å². The average molecular weight is 245 g/mol. The second-order valence-electron chi connectivity index (χ2n) is 3.48. The summed E-state index contributed by atoms with van der Waals surface area (Å²) in [6.45, 7) is 4.96. The fourth-order valence-electron chi connectivity index (χ4n) is 1.53. The zero-order chi connectivity index (χ0) is 12.8. The van der Waals surface area contributed by atoms with Gasteiger partial charge in [0.15, 0.2) is 0 Å². The van der Waals surface area contributed by atoms with Crippen molar-refractivity contribution in [3.63, 3.8) is 0 Å². The predicted molar refractivity (Wildman–Crippen MR) is 67.6 cm³/mol. The first-order valence-corrected chi connectivity index (χ1v) is 5.89. The van der Waals surface area contributed by atoms with Gasteiger partial charge in [0.1, 0.15) is 0 Å². The summed E-state index contributed by atoms with van der Waals surface area (Å²) in [5, 5.41) is 8.11. The van der Waals surface area contributed by atoms with Crippen molar-refractivity contribution in [3.8, 4) is 23.0 Å². The molecule has 0 spiro atoms. The summed E-state index contributed by atoms with van der Waals surface area (Å²) in [5.41, 5.74) is 1.55. The number of aromatic nitrogens is 3. The van der Waals surface area contributed by atoms with E-state index < -0.39 is 0 Å². The van der Waals surface area contributed by atoms with E-state index in [0.29, 0.717) is 25.0 Å². The molecule has 2 aromatic heterocycles. The quantitative estimate of drug-likeness (QED) is 0.809. The number of pyridine rings is 1. The molecule has 0 amide bonds. The van der Waals surface area contributed by atoms with Gasteiger partial charge in [0.25, 0.3) is 0 Å². The molecule has 2 rings (SSSR count). The van der Waals surface area contributed by atoms with Crippen molar-refractivity contribution in [3.05, 3.63) is 30.5 Å². The molecule has 0 fully saturated rings. The third-order valence-corrected chi connectivity index (χ3v) is 2.26. The van der Waals surface area contributed by atoms with Gasteiger partial charge in [0.2, 0.25) is 11.8 Å². The second-order valence-corrected chi connectivity index (χ2v) is 3.48. The molecule has 0 saturated carbocycles. The monoisotopic (exact) mass is 245 g/mol. The van der Waals surface area contributed by atoms with Gasteiger partial charge < -0.3 is 9.47 Å². The first kappa shape index (κ1) is 12.3. The molecule has 5 nitrogen and oxygen atoms in total. The van der Waals surface area contributed by atoms with Crippen molar-refractivity contribution in [2.24, 2.45) is 0 Å². The summed E-state index contributed by atoms with van der Waals surface area (Å²) in [7, 11) is 0. The third kappa shape index (κ3) is 2.74. The zero-order valence-electron chi connectivity index (χ0n) is 10.5. The molecule has 0 bridgehead atoms. The Morgan fingerprint density at radius 1 is 1.00 bits per heavy atom. The van der Waals surface area contributed by atoms with Gasteiger partial charge in [-0.05, 0) is 32.0 Å². The van der Waals surface area contributed by atoms with E-state index in [1.807, 2.05) is 32.0 Å². The molecule has 0 saturated heterocycles. The van der Waals surface area contributed by atoms with E-state index in [4.69, 9.17) is 9.47 Å². The summed E-state index contributed by atoms with van der Waals surface area (Å²) in [4.78, 5) is 4.18. The predicted octanol–water partition coefficient (Wildman–Crippen LogP) is 2.34. The lowest BCUT2D eigenvalue weighted by molar-refractivity contribution is 0.322. The highest BCUT2D eigenvalue weighted by Crippen LogP contribution is 2.26. The molecule has 0 radical (unpaired) electrons. The van der Waals surface area contributed by atoms with Gasteiger partial charge in [-0.3, -0.25) is 0 Å². The summed E-state index contributed by atoms with van der Waals surface area (Å²) in [6.07, 6.45) is 1.69. The van der Waals surface area contributed by atoms with Crippen molar-refractivity contribution >= 4 is 0 Å². The Hall–Kier alpha value is -2.17. The summed E-state index contributed by atoms with van der Waals surface area (Å²) < 4.78 is 10.7. The van der Waals surface area contributed by atoms with E-state index in [1.165, 1.54) is 0 Å². The Labute approximate surface area is 106 Å². The molecular weight excluding hydrogens is 230 g/mol. The molecule has 2 heterocycles. The van der Waals surface area contributed by atoms with Crippen molar-refractivity contribution in [1.82, 2.24) is 15.2 Å². The lowest BCUT2D eigenvalue weighted by Crippen LogP contribution is -1.99. The van der Waals surface area contributed by atoms with Gasteiger partial charge in [-0.1, -0.05) is 0 Å². The number of rotatable bonds is 5. The molecule has 0 aliphatic carbocycles. The van der Waals surface area contributed by atoms with E-state index >= 15 is 0 Å². The molecule has 2 aromatic rings. The molecule has 0 unspecified atom stereocenters. The Morgan fingerprint density at radius 2 is 1.83 bits per heavy atom. The van der Waals surface area contributed by atoms with E-state index in [1.54, 1.807) is 12.3 Å². The molecular formula is C13H15N3O2. The largest absolute Gasteiger partial charge is 0.477 e. The SMILES string of the molecule is CCOc1ccc(-c2cccnc2OCC)nn1. The van der Waals surface area contributed by atoms with Crippen LogP contribution in [-0.2, 0) is 0 Å². The van der Waals surface area contributed by atoms with Crippen LogP contribution in [0.5, 0.6) is 11.8 Å². The van der Waals surface area contributed by atoms with Gasteiger partial charge in [0, 0.05) is 12.3 Å². The highest BCUT2D eigenvalue weighted by molar-refractivity contribution is 5.64. The van der Waals surface area contributed by atoms with Gasteiger partial charge in [0.05, 0.1) is 24.5 Å². The van der Waals surface area contributed by atoms with Crippen LogP contribution in [0, 0.1) is 0 Å². The minimum atomic E-state index is 0.517. The topological polar surface area (TPSA) is 57.1 Å². The Kier molecular flexibility index (Phi) is 4.06. The molecule has 0 aromatic carbocycles. The van der Waals surface area contributed by atoms with E-state index in [-0.39, 0.29) is 0 Å². The highest BCUT2D eigenvalue weighted by atomic mass is 16.5. The van der Waals surface area contributed by atoms with Crippen LogP contribution in [0.15, 0.2) is 30.5 Å². The van der Waals surface area contributed by atoms with E-state index in [9.17, 15) is 0 Å². The molecule has 5 heteroatoms. The van der Waals surface area contributed by atoms with Crippen LogP contribution in [0.25, 0.3) is 11.3 Å². The Balaban J connectivity index is 2.30. The zero-order valence-corrected chi connectivity index (χ0v) is 10.5. The average Bonchev–Trinajstić information content (AvgIpc) is 2.41. The van der Waals surface area contributed by atoms with Crippen LogP contribution in [0.2, 0.25) is 0 Å². The lowest BCUT2D eigenvalue weighted by Gasteiger charge is -2.07. The van der Waals surface area contributed by atoms with Crippen LogP contribution in [0.1, 0.15) is 13.8 Å². The first-order valence-electron chi connectivity index (χ1n) is 5.89. The van der Waals surface area contributed by atoms with Gasteiger partial charge >= 0.3 is 0 Å². The minimum absolute atomic E-state index is 0.517. The maximum absolute atomic E-state index is 5.46. The molecule has 0 aliphatic heterocycles. The van der Waals surface area contributed by atoms with Crippen LogP contribution in [0.3, 0.4) is 0 Å². The molecule has 0 atom stereocenters. The van der Waals surface area contributed by atoms with Gasteiger partial charge in [-0.25, -0.2) is 4.98 Å². The van der Waals surface area contributed by atoms with Crippen LogP contribution >= 0.6 is 0 Å². The van der Waals surface area contributed by atoms with Gasteiger partial charge in [-0.2, -0.15) is 0 Å². The normalized spacial score (nSPS) is 10.1. The lowest BCUT2D eigenvalue weighted by atomic mass is 10.2. The van der Waals surface area contributed by atoms with Crippen molar-refractivity contribution in [1.29, 1.82) is 0 Å². The molecule has 94 valence electrons.